The van der Waals surface area contributed by atoms with Gasteiger partial charge in [0, 0.05) is 12.3 Å². The largest absolute Gasteiger partial charge is 0.390 e. The molecule has 1 aliphatic rings. The van der Waals surface area contributed by atoms with E-state index in [1.807, 2.05) is 13.0 Å². The third-order valence-electron chi connectivity index (χ3n) is 2.44. The summed E-state index contributed by atoms with van der Waals surface area (Å²) in [7, 11) is 0. The van der Waals surface area contributed by atoms with Crippen molar-refractivity contribution in [3.05, 3.63) is 0 Å². The number of nitriles is 1. The Kier molecular flexibility index (Phi) is 2.48. The van der Waals surface area contributed by atoms with E-state index in [-0.39, 0.29) is 11.8 Å². The second-order valence-corrected chi connectivity index (χ2v) is 3.32. The van der Waals surface area contributed by atoms with Crippen LogP contribution in [0.5, 0.6) is 0 Å². The highest BCUT2D eigenvalue weighted by molar-refractivity contribution is 4.92. The fourth-order valence-electron chi connectivity index (χ4n) is 1.69. The maximum Gasteiger partial charge on any atom is 0.0839 e. The monoisotopic (exact) mass is 155 g/mol. The number of hydrogen-bond donors (Lipinski definition) is 2. The minimum Gasteiger partial charge on any atom is -0.390 e. The number of rotatable bonds is 1. The molecular weight excluding hydrogens is 142 g/mol. The fraction of sp³-hybridized carbons (Fsp3) is 0.875. The second-order valence-electron chi connectivity index (χ2n) is 3.32. The van der Waals surface area contributed by atoms with Gasteiger partial charge in [0.2, 0.25) is 0 Å². The molecule has 0 unspecified atom stereocenters. The van der Waals surface area contributed by atoms with Crippen molar-refractivity contribution in [1.82, 2.24) is 0 Å². The molecule has 0 aromatic carbocycles. The summed E-state index contributed by atoms with van der Waals surface area (Å²) in [6.45, 7) is 1.89. The summed E-state index contributed by atoms with van der Waals surface area (Å²) in [5, 5.41) is 27.0. The Morgan fingerprint density at radius 2 is 2.09 bits per heavy atom. The molecule has 0 aromatic rings. The van der Waals surface area contributed by atoms with Crippen molar-refractivity contribution in [2.24, 2.45) is 11.8 Å². The summed E-state index contributed by atoms with van der Waals surface area (Å²) >= 11 is 0. The maximum absolute atomic E-state index is 9.36. The first-order valence-corrected chi connectivity index (χ1v) is 3.90. The van der Waals surface area contributed by atoms with Gasteiger partial charge in [-0.2, -0.15) is 5.26 Å². The van der Waals surface area contributed by atoms with Gasteiger partial charge < -0.3 is 10.2 Å². The van der Waals surface area contributed by atoms with E-state index in [4.69, 9.17) is 5.26 Å². The lowest BCUT2D eigenvalue weighted by Gasteiger charge is -2.13. The molecule has 0 spiro atoms. The molecular formula is C8H13NO2. The molecule has 0 aliphatic heterocycles. The molecule has 0 heterocycles. The van der Waals surface area contributed by atoms with Crippen molar-refractivity contribution in [1.29, 1.82) is 5.26 Å². The molecule has 1 aliphatic carbocycles. The van der Waals surface area contributed by atoms with Gasteiger partial charge in [-0.3, -0.25) is 0 Å². The van der Waals surface area contributed by atoms with Crippen molar-refractivity contribution in [2.45, 2.75) is 32.0 Å². The van der Waals surface area contributed by atoms with Crippen LogP contribution in [-0.2, 0) is 0 Å². The number of nitrogens with zero attached hydrogens (tertiary/aromatic N) is 1. The Morgan fingerprint density at radius 1 is 1.45 bits per heavy atom. The zero-order valence-electron chi connectivity index (χ0n) is 6.57. The average Bonchev–Trinajstić information content (AvgIpc) is 2.19. The summed E-state index contributed by atoms with van der Waals surface area (Å²) in [4.78, 5) is 0. The fourth-order valence-corrected chi connectivity index (χ4v) is 1.69. The Morgan fingerprint density at radius 3 is 2.45 bits per heavy atom. The van der Waals surface area contributed by atoms with E-state index in [0.29, 0.717) is 6.42 Å². The van der Waals surface area contributed by atoms with Crippen molar-refractivity contribution >= 4 is 0 Å². The van der Waals surface area contributed by atoms with Crippen LogP contribution >= 0.6 is 0 Å². The number of aliphatic hydroxyl groups is 2. The van der Waals surface area contributed by atoms with E-state index in [2.05, 4.69) is 0 Å². The van der Waals surface area contributed by atoms with Crippen LogP contribution in [0.25, 0.3) is 0 Å². The normalized spacial score (nSPS) is 43.8. The van der Waals surface area contributed by atoms with Crippen LogP contribution in [0, 0.1) is 23.2 Å². The lowest BCUT2D eigenvalue weighted by atomic mass is 10.0. The van der Waals surface area contributed by atoms with E-state index in [1.165, 1.54) is 0 Å². The van der Waals surface area contributed by atoms with Crippen molar-refractivity contribution in [3.63, 3.8) is 0 Å². The molecule has 0 amide bonds. The highest BCUT2D eigenvalue weighted by Gasteiger charge is 2.38. The quantitative estimate of drug-likeness (QED) is 0.571. The van der Waals surface area contributed by atoms with Gasteiger partial charge in [0.05, 0.1) is 18.3 Å². The second kappa shape index (κ2) is 3.21. The molecule has 1 rings (SSSR count). The third-order valence-corrected chi connectivity index (χ3v) is 2.44. The van der Waals surface area contributed by atoms with E-state index in [0.717, 1.165) is 6.42 Å². The van der Waals surface area contributed by atoms with E-state index in [9.17, 15) is 10.2 Å². The molecule has 1 fully saturated rings. The van der Waals surface area contributed by atoms with Crippen LogP contribution in [0.15, 0.2) is 0 Å². The predicted molar refractivity (Wildman–Crippen MR) is 39.5 cm³/mol. The van der Waals surface area contributed by atoms with Crippen LogP contribution in [0.4, 0.5) is 0 Å². The van der Waals surface area contributed by atoms with Crippen molar-refractivity contribution in [2.75, 3.05) is 0 Å². The van der Waals surface area contributed by atoms with Crippen molar-refractivity contribution in [3.8, 4) is 6.07 Å². The van der Waals surface area contributed by atoms with E-state index < -0.39 is 12.2 Å². The van der Waals surface area contributed by atoms with Crippen molar-refractivity contribution < 1.29 is 10.2 Å². The SMILES string of the molecule is C[C@@H]1C[C@H](CC#N)[C@@H](O)[C@H]1O. The molecule has 2 N–H and O–H groups in total. The third kappa shape index (κ3) is 1.52. The van der Waals surface area contributed by atoms with Crippen LogP contribution in [-0.4, -0.2) is 22.4 Å². The van der Waals surface area contributed by atoms with Crippen LogP contribution in [0.3, 0.4) is 0 Å². The molecule has 62 valence electrons. The summed E-state index contributed by atoms with van der Waals surface area (Å²) in [5.74, 6) is 0.105. The highest BCUT2D eigenvalue weighted by atomic mass is 16.3. The summed E-state index contributed by atoms with van der Waals surface area (Å²) in [6, 6.07) is 2.01. The molecule has 4 atom stereocenters. The molecule has 0 aromatic heterocycles. The number of hydrogen-bond acceptors (Lipinski definition) is 3. The molecule has 0 radical (unpaired) electrons. The smallest absolute Gasteiger partial charge is 0.0839 e. The Bertz CT molecular complexity index is 175. The highest BCUT2D eigenvalue weighted by Crippen LogP contribution is 2.32. The van der Waals surface area contributed by atoms with Crippen LogP contribution < -0.4 is 0 Å². The van der Waals surface area contributed by atoms with Gasteiger partial charge in [-0.25, -0.2) is 0 Å². The molecule has 0 saturated heterocycles. The Labute approximate surface area is 66.3 Å². The summed E-state index contributed by atoms with van der Waals surface area (Å²) in [5.41, 5.74) is 0. The zero-order valence-corrected chi connectivity index (χ0v) is 6.57. The molecule has 0 bridgehead atoms. The Hall–Kier alpha value is -0.590. The molecule has 3 heteroatoms. The topological polar surface area (TPSA) is 64.2 Å². The van der Waals surface area contributed by atoms with Gasteiger partial charge in [-0.05, 0) is 12.3 Å². The van der Waals surface area contributed by atoms with Gasteiger partial charge in [0.15, 0.2) is 0 Å². The summed E-state index contributed by atoms with van der Waals surface area (Å²) in [6.07, 6.45) is -0.212. The molecule has 11 heavy (non-hydrogen) atoms. The van der Waals surface area contributed by atoms with Crippen LogP contribution in [0.1, 0.15) is 19.8 Å². The molecule has 1 saturated carbocycles. The standard InChI is InChI=1S/C8H13NO2/c1-5-4-6(2-3-9)8(11)7(5)10/h5-8,10-11H,2,4H2,1H3/t5-,6+,7+,8-/m1/s1. The van der Waals surface area contributed by atoms with Gasteiger partial charge in [-0.1, -0.05) is 6.92 Å². The zero-order chi connectivity index (χ0) is 8.43. The lowest BCUT2D eigenvalue weighted by molar-refractivity contribution is 0.00759. The first-order valence-electron chi connectivity index (χ1n) is 3.90. The molecule has 3 nitrogen and oxygen atoms in total. The van der Waals surface area contributed by atoms with E-state index >= 15 is 0 Å². The van der Waals surface area contributed by atoms with Gasteiger partial charge in [0.1, 0.15) is 0 Å². The number of aliphatic hydroxyl groups excluding tert-OH is 2. The Balaban J connectivity index is 2.54. The first kappa shape index (κ1) is 8.51. The van der Waals surface area contributed by atoms with Gasteiger partial charge in [0.25, 0.3) is 0 Å². The van der Waals surface area contributed by atoms with Gasteiger partial charge >= 0.3 is 0 Å². The first-order chi connectivity index (χ1) is 5.16. The van der Waals surface area contributed by atoms with E-state index in [1.54, 1.807) is 0 Å². The minimum absolute atomic E-state index is 0.0231. The van der Waals surface area contributed by atoms with Crippen LogP contribution in [0.2, 0.25) is 0 Å². The summed E-state index contributed by atoms with van der Waals surface area (Å²) < 4.78 is 0. The average molecular weight is 155 g/mol. The predicted octanol–water partition coefficient (Wildman–Crippen LogP) is 0.278. The van der Waals surface area contributed by atoms with Gasteiger partial charge in [-0.15, -0.1) is 0 Å². The lowest BCUT2D eigenvalue weighted by Crippen LogP contribution is -2.27. The minimum atomic E-state index is -0.690. The maximum atomic E-state index is 9.36.